The molecular formula is C19H22ClN5O5. The summed E-state index contributed by atoms with van der Waals surface area (Å²) in [7, 11) is 0. The van der Waals surface area contributed by atoms with Gasteiger partial charge in [0.1, 0.15) is 12.2 Å². The standard InChI is InChI=1S/C19H22ClN5O5/c20-12-7-14-17(21-13(12)2-1-10-3-4-25(24-10)5-6-26)23-19(22-14)30-15-9-28-16-11(15)8-29-18(16)27/h3-4,7,11,15-16,18,26-27H,1-2,5-6,8-9H2,(H,21,22,23)/t11-,15-,16+,18-/m1/s1. The number of hydrogen-bond acceptors (Lipinski definition) is 8. The van der Waals surface area contributed by atoms with Crippen LogP contribution in [0.5, 0.6) is 6.01 Å². The van der Waals surface area contributed by atoms with E-state index < -0.39 is 6.29 Å². The number of aliphatic hydroxyl groups excluding tert-OH is 2. The van der Waals surface area contributed by atoms with Crippen LogP contribution < -0.4 is 4.74 Å². The van der Waals surface area contributed by atoms with E-state index in [0.29, 0.717) is 54.8 Å². The Bertz CT molecular complexity index is 1040. The zero-order valence-corrected chi connectivity index (χ0v) is 16.8. The maximum Gasteiger partial charge on any atom is 0.296 e. The molecule has 0 aromatic carbocycles. The highest BCUT2D eigenvalue weighted by Crippen LogP contribution is 2.33. The number of imidazole rings is 1. The van der Waals surface area contributed by atoms with E-state index in [1.54, 1.807) is 10.7 Å². The topological polar surface area (TPSA) is 128 Å². The molecule has 0 saturated carbocycles. The fourth-order valence-electron chi connectivity index (χ4n) is 3.90. The fourth-order valence-corrected chi connectivity index (χ4v) is 4.15. The molecule has 3 aromatic rings. The average Bonchev–Trinajstić information content (AvgIpc) is 3.48. The van der Waals surface area contributed by atoms with Crippen molar-refractivity contribution in [2.75, 3.05) is 19.8 Å². The maximum absolute atomic E-state index is 9.75. The van der Waals surface area contributed by atoms with Gasteiger partial charge < -0.3 is 29.4 Å². The Balaban J connectivity index is 1.28. The number of aryl methyl sites for hydroxylation is 2. The minimum atomic E-state index is -0.905. The Labute approximate surface area is 176 Å². The maximum atomic E-state index is 9.75. The highest BCUT2D eigenvalue weighted by molar-refractivity contribution is 6.31. The first-order chi connectivity index (χ1) is 14.6. The van der Waals surface area contributed by atoms with Crippen LogP contribution in [0.3, 0.4) is 0 Å². The number of pyridine rings is 1. The number of nitrogens with one attached hydrogen (secondary N) is 1. The molecule has 30 heavy (non-hydrogen) atoms. The molecule has 0 bridgehead atoms. The molecule has 0 aliphatic carbocycles. The molecule has 0 radical (unpaired) electrons. The lowest BCUT2D eigenvalue weighted by atomic mass is 10.0. The SMILES string of the molecule is OCCn1ccc(CCc2nc3nc(O[C@@H]4CO[C@H]5[C@@H]4CO[C@H]5O)[nH]c3cc2Cl)n1. The molecule has 5 heterocycles. The molecule has 0 amide bonds. The molecule has 0 spiro atoms. The Hall–Kier alpha value is -2.24. The third-order valence-electron chi connectivity index (χ3n) is 5.48. The Morgan fingerprint density at radius 3 is 3.03 bits per heavy atom. The van der Waals surface area contributed by atoms with Gasteiger partial charge in [-0.1, -0.05) is 11.6 Å². The second-order valence-electron chi connectivity index (χ2n) is 7.47. The second kappa shape index (κ2) is 8.12. The van der Waals surface area contributed by atoms with Crippen molar-refractivity contribution < 1.29 is 24.4 Å². The summed E-state index contributed by atoms with van der Waals surface area (Å²) in [6.45, 7) is 1.28. The zero-order valence-electron chi connectivity index (χ0n) is 16.1. The number of fused-ring (bicyclic) bond motifs is 2. The third kappa shape index (κ3) is 3.77. The summed E-state index contributed by atoms with van der Waals surface area (Å²) in [5, 5.41) is 23.7. The Kier molecular flexibility index (Phi) is 5.34. The number of aromatic amines is 1. The van der Waals surface area contributed by atoms with Gasteiger partial charge in [0.05, 0.1) is 54.2 Å². The van der Waals surface area contributed by atoms with Crippen LogP contribution in [0.1, 0.15) is 11.4 Å². The van der Waals surface area contributed by atoms with E-state index in [-0.39, 0.29) is 24.7 Å². The lowest BCUT2D eigenvalue weighted by molar-refractivity contribution is -0.123. The number of aromatic nitrogens is 5. The van der Waals surface area contributed by atoms with Gasteiger partial charge >= 0.3 is 0 Å². The molecule has 10 nitrogen and oxygen atoms in total. The average molecular weight is 436 g/mol. The van der Waals surface area contributed by atoms with Crippen molar-refractivity contribution in [3.8, 4) is 6.01 Å². The largest absolute Gasteiger partial charge is 0.458 e. The van der Waals surface area contributed by atoms with E-state index >= 15 is 0 Å². The van der Waals surface area contributed by atoms with Crippen molar-refractivity contribution in [3.05, 3.63) is 34.7 Å². The fraction of sp³-hybridized carbons (Fsp3) is 0.526. The molecule has 2 aliphatic rings. The van der Waals surface area contributed by atoms with Crippen molar-refractivity contribution in [1.82, 2.24) is 24.7 Å². The molecule has 0 unspecified atom stereocenters. The Morgan fingerprint density at radius 2 is 2.17 bits per heavy atom. The van der Waals surface area contributed by atoms with Crippen molar-refractivity contribution in [1.29, 1.82) is 0 Å². The summed E-state index contributed by atoms with van der Waals surface area (Å²) in [5.74, 6) is -0.0361. The molecule has 3 aromatic heterocycles. The monoisotopic (exact) mass is 435 g/mol. The van der Waals surface area contributed by atoms with Crippen molar-refractivity contribution in [2.24, 2.45) is 5.92 Å². The summed E-state index contributed by atoms with van der Waals surface area (Å²) < 4.78 is 18.5. The van der Waals surface area contributed by atoms with Gasteiger partial charge in [0.25, 0.3) is 6.01 Å². The summed E-state index contributed by atoms with van der Waals surface area (Å²) in [4.78, 5) is 12.1. The summed E-state index contributed by atoms with van der Waals surface area (Å²) in [5.41, 5.74) is 2.84. The highest BCUT2D eigenvalue weighted by atomic mass is 35.5. The first kappa shape index (κ1) is 19.7. The van der Waals surface area contributed by atoms with E-state index in [0.717, 1.165) is 11.4 Å². The van der Waals surface area contributed by atoms with Crippen LogP contribution in [-0.2, 0) is 28.9 Å². The predicted molar refractivity (Wildman–Crippen MR) is 105 cm³/mol. The van der Waals surface area contributed by atoms with E-state index in [9.17, 15) is 5.11 Å². The minimum Gasteiger partial charge on any atom is -0.458 e. The quantitative estimate of drug-likeness (QED) is 0.494. The lowest BCUT2D eigenvalue weighted by Crippen LogP contribution is -2.30. The van der Waals surface area contributed by atoms with Gasteiger partial charge in [-0.15, -0.1) is 0 Å². The van der Waals surface area contributed by atoms with Crippen LogP contribution in [0.4, 0.5) is 0 Å². The summed E-state index contributed by atoms with van der Waals surface area (Å²) in [6.07, 6.45) is 1.61. The first-order valence-electron chi connectivity index (χ1n) is 9.87. The molecule has 2 fully saturated rings. The number of ether oxygens (including phenoxy) is 3. The normalized spacial score (nSPS) is 25.8. The Morgan fingerprint density at radius 1 is 1.27 bits per heavy atom. The van der Waals surface area contributed by atoms with Crippen LogP contribution >= 0.6 is 11.6 Å². The van der Waals surface area contributed by atoms with Crippen LogP contribution in [0, 0.1) is 5.92 Å². The number of nitrogens with zero attached hydrogens (tertiary/aromatic N) is 4. The summed E-state index contributed by atoms with van der Waals surface area (Å²) >= 11 is 6.42. The van der Waals surface area contributed by atoms with Gasteiger partial charge in [0.15, 0.2) is 11.9 Å². The van der Waals surface area contributed by atoms with Gasteiger partial charge in [0.2, 0.25) is 0 Å². The van der Waals surface area contributed by atoms with Crippen LogP contribution in [0.2, 0.25) is 5.02 Å². The predicted octanol–water partition coefficient (Wildman–Crippen LogP) is 0.696. The van der Waals surface area contributed by atoms with Gasteiger partial charge in [-0.2, -0.15) is 10.1 Å². The number of hydrogen-bond donors (Lipinski definition) is 3. The molecule has 11 heteroatoms. The van der Waals surface area contributed by atoms with E-state index in [1.165, 1.54) is 0 Å². The first-order valence-corrected chi connectivity index (χ1v) is 10.2. The van der Waals surface area contributed by atoms with Crippen LogP contribution in [0.25, 0.3) is 11.2 Å². The van der Waals surface area contributed by atoms with Crippen molar-refractivity contribution in [2.45, 2.75) is 37.9 Å². The van der Waals surface area contributed by atoms with Crippen LogP contribution in [0.15, 0.2) is 18.3 Å². The zero-order chi connectivity index (χ0) is 20.7. The van der Waals surface area contributed by atoms with E-state index in [1.807, 2.05) is 12.3 Å². The van der Waals surface area contributed by atoms with E-state index in [4.69, 9.17) is 30.9 Å². The van der Waals surface area contributed by atoms with Gasteiger partial charge in [-0.25, -0.2) is 4.98 Å². The van der Waals surface area contributed by atoms with Crippen LogP contribution in [-0.4, -0.2) is 73.3 Å². The minimum absolute atomic E-state index is 0.0361. The molecule has 3 N–H and O–H groups in total. The number of rotatable bonds is 7. The van der Waals surface area contributed by atoms with Crippen molar-refractivity contribution >= 4 is 22.8 Å². The molecule has 160 valence electrons. The smallest absolute Gasteiger partial charge is 0.296 e. The number of H-pyrrole nitrogens is 1. The third-order valence-corrected chi connectivity index (χ3v) is 5.80. The highest BCUT2D eigenvalue weighted by Gasteiger charge is 2.48. The molecule has 2 saturated heterocycles. The second-order valence-corrected chi connectivity index (χ2v) is 7.87. The summed E-state index contributed by atoms with van der Waals surface area (Å²) in [6, 6.07) is 4.05. The number of halogens is 1. The molecule has 2 aliphatic heterocycles. The van der Waals surface area contributed by atoms with Crippen molar-refractivity contribution in [3.63, 3.8) is 0 Å². The molecular weight excluding hydrogens is 414 g/mol. The van der Waals surface area contributed by atoms with Gasteiger partial charge in [-0.3, -0.25) is 4.68 Å². The van der Waals surface area contributed by atoms with E-state index in [2.05, 4.69) is 20.1 Å². The lowest BCUT2D eigenvalue weighted by Gasteiger charge is -2.14. The van der Waals surface area contributed by atoms with Gasteiger partial charge in [-0.05, 0) is 25.0 Å². The molecule has 5 rings (SSSR count). The molecule has 4 atom stereocenters. The van der Waals surface area contributed by atoms with Gasteiger partial charge in [0, 0.05) is 6.20 Å². The number of aliphatic hydroxyl groups is 2.